The van der Waals surface area contributed by atoms with E-state index in [1.165, 1.54) is 11.1 Å². The highest BCUT2D eigenvalue weighted by atomic mass is 16.6. The van der Waals surface area contributed by atoms with Gasteiger partial charge in [-0.25, -0.2) is 4.79 Å². The molecule has 0 saturated heterocycles. The number of benzene rings is 1. The molecule has 1 amide bonds. The van der Waals surface area contributed by atoms with E-state index in [0.717, 1.165) is 12.2 Å². The van der Waals surface area contributed by atoms with Gasteiger partial charge in [-0.05, 0) is 69.7 Å². The van der Waals surface area contributed by atoms with Crippen LogP contribution in [0.4, 0.5) is 10.5 Å². The van der Waals surface area contributed by atoms with Gasteiger partial charge in [-0.3, -0.25) is 0 Å². The molecule has 0 aliphatic heterocycles. The third-order valence-electron chi connectivity index (χ3n) is 3.64. The van der Waals surface area contributed by atoms with Crippen LogP contribution in [0.5, 0.6) is 0 Å². The van der Waals surface area contributed by atoms with Gasteiger partial charge in [-0.1, -0.05) is 19.9 Å². The van der Waals surface area contributed by atoms with Crippen LogP contribution in [0.2, 0.25) is 0 Å². The Bertz CT molecular complexity index is 498. The topological polar surface area (TPSA) is 50.4 Å². The van der Waals surface area contributed by atoms with Gasteiger partial charge in [0, 0.05) is 18.8 Å². The van der Waals surface area contributed by atoms with Crippen LogP contribution in [0.1, 0.15) is 45.7 Å². The van der Waals surface area contributed by atoms with E-state index in [0.29, 0.717) is 18.4 Å². The lowest BCUT2D eigenvalue weighted by atomic mass is 9.95. The van der Waals surface area contributed by atoms with Crippen molar-refractivity contribution in [1.29, 1.82) is 0 Å². The molecule has 0 aliphatic carbocycles. The van der Waals surface area contributed by atoms with Crippen LogP contribution in [-0.2, 0) is 4.74 Å². The highest BCUT2D eigenvalue weighted by molar-refractivity contribution is 5.67. The molecule has 23 heavy (non-hydrogen) atoms. The summed E-state index contributed by atoms with van der Waals surface area (Å²) < 4.78 is 5.29. The highest BCUT2D eigenvalue weighted by Crippen LogP contribution is 2.16. The summed E-state index contributed by atoms with van der Waals surface area (Å²) in [5.41, 5.74) is 3.17. The molecule has 0 aromatic heterocycles. The number of alkyl carbamates (subject to hydrolysis) is 1. The van der Waals surface area contributed by atoms with E-state index in [-0.39, 0.29) is 6.09 Å². The van der Waals surface area contributed by atoms with Gasteiger partial charge in [0.1, 0.15) is 5.60 Å². The van der Waals surface area contributed by atoms with Crippen molar-refractivity contribution in [2.45, 2.75) is 54.1 Å². The van der Waals surface area contributed by atoms with Crippen molar-refractivity contribution in [3.8, 4) is 0 Å². The lowest BCUT2D eigenvalue weighted by Crippen LogP contribution is -2.38. The van der Waals surface area contributed by atoms with Gasteiger partial charge >= 0.3 is 6.09 Å². The Hall–Kier alpha value is -1.71. The maximum absolute atomic E-state index is 11.8. The van der Waals surface area contributed by atoms with E-state index in [1.807, 2.05) is 20.8 Å². The Morgan fingerprint density at radius 1 is 1.09 bits per heavy atom. The lowest BCUT2D eigenvalue weighted by molar-refractivity contribution is 0.0516. The number of ether oxygens (including phenoxy) is 1. The molecule has 1 aromatic carbocycles. The fourth-order valence-corrected chi connectivity index (χ4v) is 2.40. The number of rotatable bonds is 6. The van der Waals surface area contributed by atoms with Crippen molar-refractivity contribution < 1.29 is 9.53 Å². The molecule has 2 N–H and O–H groups in total. The third kappa shape index (κ3) is 7.91. The average Bonchev–Trinajstić information content (AvgIpc) is 2.34. The standard InChI is InChI=1S/C19H32N2O2/c1-13(2)16(12-21-18(22)23-19(5,6)7)11-20-17-9-14(3)8-15(4)10-17/h8-10,13,16,20H,11-12H2,1-7H3,(H,21,22). The molecule has 4 nitrogen and oxygen atoms in total. The second-order valence-corrected chi connectivity index (χ2v) is 7.64. The molecule has 1 aromatic rings. The minimum Gasteiger partial charge on any atom is -0.444 e. The van der Waals surface area contributed by atoms with Crippen molar-refractivity contribution in [3.05, 3.63) is 29.3 Å². The smallest absolute Gasteiger partial charge is 0.407 e. The Balaban J connectivity index is 2.54. The number of nitrogens with one attached hydrogen (secondary N) is 2. The van der Waals surface area contributed by atoms with Crippen LogP contribution in [0.25, 0.3) is 0 Å². The molecule has 0 radical (unpaired) electrons. The molecule has 4 heteroatoms. The summed E-state index contributed by atoms with van der Waals surface area (Å²) >= 11 is 0. The summed E-state index contributed by atoms with van der Waals surface area (Å²) in [6.07, 6.45) is -0.352. The van der Waals surface area contributed by atoms with Crippen LogP contribution in [0.15, 0.2) is 18.2 Å². The molecule has 0 aliphatic rings. The predicted molar refractivity (Wildman–Crippen MR) is 97.0 cm³/mol. The van der Waals surface area contributed by atoms with Gasteiger partial charge in [-0.15, -0.1) is 0 Å². The fraction of sp³-hybridized carbons (Fsp3) is 0.632. The number of anilines is 1. The zero-order chi connectivity index (χ0) is 17.6. The van der Waals surface area contributed by atoms with Crippen molar-refractivity contribution in [1.82, 2.24) is 5.32 Å². The van der Waals surface area contributed by atoms with E-state index >= 15 is 0 Å². The van der Waals surface area contributed by atoms with Crippen LogP contribution >= 0.6 is 0 Å². The van der Waals surface area contributed by atoms with Crippen LogP contribution in [0, 0.1) is 25.7 Å². The quantitative estimate of drug-likeness (QED) is 0.810. The van der Waals surface area contributed by atoms with Crippen molar-refractivity contribution >= 4 is 11.8 Å². The first-order chi connectivity index (χ1) is 10.6. The second-order valence-electron chi connectivity index (χ2n) is 7.64. The molecule has 130 valence electrons. The summed E-state index contributed by atoms with van der Waals surface area (Å²) in [6.45, 7) is 15.6. The van der Waals surface area contributed by atoms with Crippen LogP contribution < -0.4 is 10.6 Å². The van der Waals surface area contributed by atoms with Gasteiger partial charge in [0.15, 0.2) is 0 Å². The zero-order valence-corrected chi connectivity index (χ0v) is 15.6. The normalized spacial score (nSPS) is 12.9. The van der Waals surface area contributed by atoms with Crippen LogP contribution in [0.3, 0.4) is 0 Å². The summed E-state index contributed by atoms with van der Waals surface area (Å²) in [4.78, 5) is 11.8. The van der Waals surface area contributed by atoms with Crippen molar-refractivity contribution in [2.75, 3.05) is 18.4 Å². The molecule has 0 fully saturated rings. The Labute approximate surface area is 141 Å². The van der Waals surface area contributed by atoms with Gasteiger partial charge in [0.2, 0.25) is 0 Å². The summed E-state index contributed by atoms with van der Waals surface area (Å²) in [6, 6.07) is 6.45. The SMILES string of the molecule is Cc1cc(C)cc(NCC(CNC(=O)OC(C)(C)C)C(C)C)c1. The zero-order valence-electron chi connectivity index (χ0n) is 15.6. The largest absolute Gasteiger partial charge is 0.444 e. The maximum Gasteiger partial charge on any atom is 0.407 e. The minimum absolute atomic E-state index is 0.336. The number of aryl methyl sites for hydroxylation is 2. The molecule has 0 spiro atoms. The number of amides is 1. The predicted octanol–water partition coefficient (Wildman–Crippen LogP) is 4.51. The maximum atomic E-state index is 11.8. The summed E-state index contributed by atoms with van der Waals surface area (Å²) in [7, 11) is 0. The van der Waals surface area contributed by atoms with E-state index in [2.05, 4.69) is 56.5 Å². The minimum atomic E-state index is -0.464. The third-order valence-corrected chi connectivity index (χ3v) is 3.64. The van der Waals surface area contributed by atoms with E-state index in [1.54, 1.807) is 0 Å². The van der Waals surface area contributed by atoms with Crippen LogP contribution in [-0.4, -0.2) is 24.8 Å². The Kier molecular flexibility index (Phi) is 6.92. The number of hydrogen-bond donors (Lipinski definition) is 2. The lowest BCUT2D eigenvalue weighted by Gasteiger charge is -2.24. The molecular weight excluding hydrogens is 288 g/mol. The van der Waals surface area contributed by atoms with E-state index < -0.39 is 5.60 Å². The van der Waals surface area contributed by atoms with Crippen molar-refractivity contribution in [3.63, 3.8) is 0 Å². The number of hydrogen-bond acceptors (Lipinski definition) is 3. The molecule has 1 unspecified atom stereocenters. The van der Waals surface area contributed by atoms with E-state index in [4.69, 9.17) is 4.74 Å². The van der Waals surface area contributed by atoms with Crippen molar-refractivity contribution in [2.24, 2.45) is 11.8 Å². The fourth-order valence-electron chi connectivity index (χ4n) is 2.40. The van der Waals surface area contributed by atoms with Gasteiger partial charge in [0.25, 0.3) is 0 Å². The molecule has 1 atom stereocenters. The summed E-state index contributed by atoms with van der Waals surface area (Å²) in [5, 5.41) is 6.37. The van der Waals surface area contributed by atoms with Gasteiger partial charge in [0.05, 0.1) is 0 Å². The number of carbonyl (C=O) groups excluding carboxylic acids is 1. The highest BCUT2D eigenvalue weighted by Gasteiger charge is 2.19. The first-order valence-electron chi connectivity index (χ1n) is 8.36. The molecule has 0 bridgehead atoms. The first-order valence-corrected chi connectivity index (χ1v) is 8.36. The second kappa shape index (κ2) is 8.23. The van der Waals surface area contributed by atoms with Gasteiger partial charge < -0.3 is 15.4 Å². The molecule has 0 saturated carbocycles. The monoisotopic (exact) mass is 320 g/mol. The van der Waals surface area contributed by atoms with Gasteiger partial charge in [-0.2, -0.15) is 0 Å². The van der Waals surface area contributed by atoms with E-state index in [9.17, 15) is 4.79 Å². The Morgan fingerprint density at radius 2 is 1.65 bits per heavy atom. The summed E-state index contributed by atoms with van der Waals surface area (Å²) in [5.74, 6) is 0.798. The molecule has 1 rings (SSSR count). The molecular formula is C19H32N2O2. The first kappa shape index (κ1) is 19.3. The number of carbonyl (C=O) groups is 1. The Morgan fingerprint density at radius 3 is 2.13 bits per heavy atom. The average molecular weight is 320 g/mol. The molecule has 0 heterocycles.